The summed E-state index contributed by atoms with van der Waals surface area (Å²) >= 11 is 0. The van der Waals surface area contributed by atoms with Gasteiger partial charge in [-0.05, 0) is 25.1 Å². The second kappa shape index (κ2) is 10.2. The molecule has 2 aromatic carbocycles. The Labute approximate surface area is 195 Å². The third kappa shape index (κ3) is 5.11. The van der Waals surface area contributed by atoms with Gasteiger partial charge in [-0.25, -0.2) is 8.42 Å². The molecule has 1 aliphatic rings. The zero-order valence-corrected chi connectivity index (χ0v) is 20.5. The summed E-state index contributed by atoms with van der Waals surface area (Å²) in [7, 11) is 0.977. The van der Waals surface area contributed by atoms with Gasteiger partial charge in [-0.15, -0.1) is 0 Å². The average Bonchev–Trinajstić information content (AvgIpc) is 2.82. The summed E-state index contributed by atoms with van der Waals surface area (Å²) in [4.78, 5) is 17.5. The molecule has 0 aliphatic carbocycles. The number of benzene rings is 2. The average molecular weight is 478 g/mol. The molecule has 9 nitrogen and oxygen atoms in total. The predicted octanol–water partition coefficient (Wildman–Crippen LogP) is 2.46. The first-order valence-electron chi connectivity index (χ1n) is 10.7. The van der Waals surface area contributed by atoms with Crippen molar-refractivity contribution in [2.75, 3.05) is 69.5 Å². The van der Waals surface area contributed by atoms with E-state index in [-0.39, 0.29) is 23.7 Å². The summed E-state index contributed by atoms with van der Waals surface area (Å²) in [5.74, 6) is 1.24. The number of rotatable bonds is 8. The molecule has 0 saturated carbocycles. The standard InChI is InChI=1S/C23H31N3O6S/c1-6-26(33(5,28)29)19-16-22(32-4)21(31-3)15-17(19)23(27)25-13-11-24(12-14-25)18-9-7-8-10-20(18)30-2/h7-10,15-16H,6,11-14H2,1-5H3. The minimum atomic E-state index is -3.61. The van der Waals surface area contributed by atoms with Crippen LogP contribution in [0.2, 0.25) is 0 Å². The van der Waals surface area contributed by atoms with Gasteiger partial charge in [-0.2, -0.15) is 0 Å². The number of ether oxygens (including phenoxy) is 3. The van der Waals surface area contributed by atoms with Crippen molar-refractivity contribution in [2.45, 2.75) is 6.92 Å². The van der Waals surface area contributed by atoms with E-state index in [1.807, 2.05) is 24.3 Å². The largest absolute Gasteiger partial charge is 0.495 e. The Morgan fingerprint density at radius 1 is 0.939 bits per heavy atom. The van der Waals surface area contributed by atoms with E-state index in [1.54, 1.807) is 31.1 Å². The van der Waals surface area contributed by atoms with E-state index in [9.17, 15) is 13.2 Å². The van der Waals surface area contributed by atoms with Gasteiger partial charge in [-0.3, -0.25) is 9.10 Å². The summed E-state index contributed by atoms with van der Waals surface area (Å²) in [6, 6.07) is 10.9. The summed E-state index contributed by atoms with van der Waals surface area (Å²) in [5.41, 5.74) is 1.51. The van der Waals surface area contributed by atoms with Gasteiger partial charge in [0.2, 0.25) is 10.0 Å². The smallest absolute Gasteiger partial charge is 0.256 e. The van der Waals surface area contributed by atoms with Gasteiger partial charge in [0.1, 0.15) is 5.75 Å². The van der Waals surface area contributed by atoms with Gasteiger partial charge in [0.25, 0.3) is 5.91 Å². The number of anilines is 2. The Kier molecular flexibility index (Phi) is 7.57. The molecule has 1 aliphatic heterocycles. The fraction of sp³-hybridized carbons (Fsp3) is 0.435. The molecule has 1 saturated heterocycles. The van der Waals surface area contributed by atoms with E-state index in [1.165, 1.54) is 18.5 Å². The zero-order valence-electron chi connectivity index (χ0n) is 19.7. The first-order chi connectivity index (χ1) is 15.7. The predicted molar refractivity (Wildman–Crippen MR) is 129 cm³/mol. The van der Waals surface area contributed by atoms with Crippen molar-refractivity contribution in [2.24, 2.45) is 0 Å². The van der Waals surface area contributed by atoms with Gasteiger partial charge in [-0.1, -0.05) is 12.1 Å². The van der Waals surface area contributed by atoms with Gasteiger partial charge < -0.3 is 24.0 Å². The number of carbonyl (C=O) groups excluding carboxylic acids is 1. The number of hydrogen-bond acceptors (Lipinski definition) is 7. The van der Waals surface area contributed by atoms with E-state index in [4.69, 9.17) is 14.2 Å². The topological polar surface area (TPSA) is 88.6 Å². The van der Waals surface area contributed by atoms with Crippen LogP contribution >= 0.6 is 0 Å². The molecule has 3 rings (SSSR count). The Balaban J connectivity index is 1.92. The molecule has 1 heterocycles. The Morgan fingerprint density at radius 3 is 2.06 bits per heavy atom. The first kappa shape index (κ1) is 24.5. The lowest BCUT2D eigenvalue weighted by atomic mass is 10.1. The maximum atomic E-state index is 13.6. The maximum absolute atomic E-state index is 13.6. The summed E-state index contributed by atoms with van der Waals surface area (Å²) < 4.78 is 42.3. The highest BCUT2D eigenvalue weighted by Crippen LogP contribution is 2.37. The summed E-state index contributed by atoms with van der Waals surface area (Å²) in [5, 5.41) is 0. The second-order valence-electron chi connectivity index (χ2n) is 7.60. The van der Waals surface area contributed by atoms with Gasteiger partial charge in [0.05, 0.1) is 44.5 Å². The lowest BCUT2D eigenvalue weighted by Crippen LogP contribution is -2.49. The maximum Gasteiger partial charge on any atom is 0.256 e. The van der Waals surface area contributed by atoms with Crippen molar-refractivity contribution >= 4 is 27.3 Å². The molecule has 0 atom stereocenters. The first-order valence-corrected chi connectivity index (χ1v) is 12.5. The zero-order chi connectivity index (χ0) is 24.2. The van der Waals surface area contributed by atoms with Gasteiger partial charge >= 0.3 is 0 Å². The van der Waals surface area contributed by atoms with Crippen molar-refractivity contribution in [1.29, 1.82) is 0 Å². The molecular weight excluding hydrogens is 446 g/mol. The van der Waals surface area contributed by atoms with Crippen LogP contribution in [0.3, 0.4) is 0 Å². The highest BCUT2D eigenvalue weighted by Gasteiger charge is 2.30. The SMILES string of the molecule is CCN(c1cc(OC)c(OC)cc1C(=O)N1CCN(c2ccccc2OC)CC1)S(C)(=O)=O. The molecule has 10 heteroatoms. The minimum Gasteiger partial charge on any atom is -0.495 e. The molecule has 2 aromatic rings. The van der Waals surface area contributed by atoms with E-state index in [2.05, 4.69) is 4.90 Å². The van der Waals surface area contributed by atoms with Crippen LogP contribution in [0.5, 0.6) is 17.2 Å². The number of hydrogen-bond donors (Lipinski definition) is 0. The quantitative estimate of drug-likeness (QED) is 0.577. The van der Waals surface area contributed by atoms with Gasteiger partial charge in [0, 0.05) is 38.8 Å². The summed E-state index contributed by atoms with van der Waals surface area (Å²) in [6.45, 7) is 4.11. The van der Waals surface area contributed by atoms with Crippen molar-refractivity contribution in [1.82, 2.24) is 4.90 Å². The van der Waals surface area contributed by atoms with Crippen molar-refractivity contribution < 1.29 is 27.4 Å². The second-order valence-corrected chi connectivity index (χ2v) is 9.51. The number of sulfonamides is 1. The molecule has 0 aromatic heterocycles. The van der Waals surface area contributed by atoms with E-state index < -0.39 is 10.0 Å². The third-order valence-corrected chi connectivity index (χ3v) is 6.94. The van der Waals surface area contributed by atoms with Crippen LogP contribution in [0.25, 0.3) is 0 Å². The lowest BCUT2D eigenvalue weighted by Gasteiger charge is -2.37. The van der Waals surface area contributed by atoms with Gasteiger partial charge in [0.15, 0.2) is 11.5 Å². The fourth-order valence-corrected chi connectivity index (χ4v) is 5.02. The number of carbonyl (C=O) groups is 1. The Morgan fingerprint density at radius 2 is 1.52 bits per heavy atom. The molecule has 1 amide bonds. The van der Waals surface area contributed by atoms with E-state index >= 15 is 0 Å². The van der Waals surface area contributed by atoms with Crippen LogP contribution in [0, 0.1) is 0 Å². The molecule has 0 unspecified atom stereocenters. The van der Waals surface area contributed by atoms with E-state index in [0.29, 0.717) is 37.7 Å². The Bertz CT molecular complexity index is 1100. The summed E-state index contributed by atoms with van der Waals surface area (Å²) in [6.07, 6.45) is 1.12. The van der Waals surface area contributed by atoms with Crippen molar-refractivity contribution in [3.05, 3.63) is 42.0 Å². The monoisotopic (exact) mass is 477 g/mol. The molecule has 1 fully saturated rings. The minimum absolute atomic E-state index is 0.177. The lowest BCUT2D eigenvalue weighted by molar-refractivity contribution is 0.0747. The van der Waals surface area contributed by atoms with E-state index in [0.717, 1.165) is 17.7 Å². The molecule has 33 heavy (non-hydrogen) atoms. The highest BCUT2D eigenvalue weighted by molar-refractivity contribution is 7.92. The van der Waals surface area contributed by atoms with Crippen LogP contribution < -0.4 is 23.4 Å². The van der Waals surface area contributed by atoms with Crippen LogP contribution in [-0.2, 0) is 10.0 Å². The highest BCUT2D eigenvalue weighted by atomic mass is 32.2. The molecule has 0 spiro atoms. The van der Waals surface area contributed by atoms with Crippen molar-refractivity contribution in [3.63, 3.8) is 0 Å². The molecule has 0 bridgehead atoms. The Hall–Kier alpha value is -3.14. The number of amides is 1. The molecule has 0 N–H and O–H groups in total. The number of piperazine rings is 1. The van der Waals surface area contributed by atoms with Crippen LogP contribution in [0.4, 0.5) is 11.4 Å². The normalized spacial score (nSPS) is 14.1. The molecule has 180 valence electrons. The van der Waals surface area contributed by atoms with Crippen LogP contribution in [-0.4, -0.2) is 79.5 Å². The van der Waals surface area contributed by atoms with Crippen molar-refractivity contribution in [3.8, 4) is 17.2 Å². The van der Waals surface area contributed by atoms with Crippen LogP contribution in [0.1, 0.15) is 17.3 Å². The number of nitrogens with zero attached hydrogens (tertiary/aromatic N) is 3. The number of para-hydroxylation sites is 2. The fourth-order valence-electron chi connectivity index (χ4n) is 4.04. The molecular formula is C23H31N3O6S. The van der Waals surface area contributed by atoms with Crippen LogP contribution in [0.15, 0.2) is 36.4 Å². The third-order valence-electron chi connectivity index (χ3n) is 5.68. The molecule has 0 radical (unpaired) electrons. The number of methoxy groups -OCH3 is 3.